The van der Waals surface area contributed by atoms with E-state index in [9.17, 15) is 0 Å². The standard InChI is InChI=1S/C16H27N3O/c1-11(2)10-20-14-7-5-13(6-8-14)16-15(9-17-4)12(3)18-19-16/h5-8,11-12,15-19H,9-10H2,1-4H3. The van der Waals surface area contributed by atoms with Crippen molar-refractivity contribution < 1.29 is 4.74 Å². The summed E-state index contributed by atoms with van der Waals surface area (Å²) < 4.78 is 5.73. The Kier molecular flexibility index (Phi) is 5.40. The van der Waals surface area contributed by atoms with E-state index in [1.54, 1.807) is 0 Å². The van der Waals surface area contributed by atoms with Crippen LogP contribution in [-0.4, -0.2) is 26.2 Å². The zero-order valence-corrected chi connectivity index (χ0v) is 12.9. The van der Waals surface area contributed by atoms with E-state index in [4.69, 9.17) is 4.74 Å². The fraction of sp³-hybridized carbons (Fsp3) is 0.625. The quantitative estimate of drug-likeness (QED) is 0.745. The van der Waals surface area contributed by atoms with Crippen LogP contribution in [0.15, 0.2) is 24.3 Å². The van der Waals surface area contributed by atoms with Crippen molar-refractivity contribution in [1.82, 2.24) is 16.2 Å². The van der Waals surface area contributed by atoms with Gasteiger partial charge in [-0.1, -0.05) is 26.0 Å². The molecule has 20 heavy (non-hydrogen) atoms. The molecular weight excluding hydrogens is 250 g/mol. The number of hydrazine groups is 1. The van der Waals surface area contributed by atoms with E-state index in [0.29, 0.717) is 23.9 Å². The van der Waals surface area contributed by atoms with E-state index in [-0.39, 0.29) is 0 Å². The van der Waals surface area contributed by atoms with Crippen molar-refractivity contribution in [3.63, 3.8) is 0 Å². The average Bonchev–Trinajstić information content (AvgIpc) is 2.79. The molecule has 3 atom stereocenters. The molecule has 0 radical (unpaired) electrons. The van der Waals surface area contributed by atoms with Crippen LogP contribution in [0.1, 0.15) is 32.4 Å². The van der Waals surface area contributed by atoms with Crippen molar-refractivity contribution in [3.05, 3.63) is 29.8 Å². The first kappa shape index (κ1) is 15.3. The lowest BCUT2D eigenvalue weighted by atomic mass is 9.90. The van der Waals surface area contributed by atoms with Gasteiger partial charge in [0.05, 0.1) is 12.6 Å². The summed E-state index contributed by atoms with van der Waals surface area (Å²) in [4.78, 5) is 0. The maximum Gasteiger partial charge on any atom is 0.119 e. The van der Waals surface area contributed by atoms with Crippen LogP contribution >= 0.6 is 0 Å². The first-order valence-electron chi connectivity index (χ1n) is 7.50. The highest BCUT2D eigenvalue weighted by molar-refractivity contribution is 5.30. The molecule has 1 fully saturated rings. The van der Waals surface area contributed by atoms with Crippen molar-refractivity contribution in [2.24, 2.45) is 11.8 Å². The Morgan fingerprint density at radius 2 is 1.90 bits per heavy atom. The lowest BCUT2D eigenvalue weighted by molar-refractivity contribution is 0.271. The summed E-state index contributed by atoms with van der Waals surface area (Å²) in [5.74, 6) is 2.05. The minimum absolute atomic E-state index is 0.344. The summed E-state index contributed by atoms with van der Waals surface area (Å²) in [6, 6.07) is 9.27. The van der Waals surface area contributed by atoms with Gasteiger partial charge >= 0.3 is 0 Å². The molecule has 0 aliphatic carbocycles. The lowest BCUT2D eigenvalue weighted by Crippen LogP contribution is -2.31. The van der Waals surface area contributed by atoms with Crippen LogP contribution in [0, 0.1) is 11.8 Å². The Labute approximate surface area is 122 Å². The fourth-order valence-corrected chi connectivity index (χ4v) is 2.62. The van der Waals surface area contributed by atoms with E-state index in [1.165, 1.54) is 5.56 Å². The van der Waals surface area contributed by atoms with E-state index in [1.807, 2.05) is 7.05 Å². The predicted octanol–water partition coefficient (Wildman–Crippen LogP) is 2.09. The van der Waals surface area contributed by atoms with Gasteiger partial charge in [-0.05, 0) is 37.6 Å². The van der Waals surface area contributed by atoms with Crippen molar-refractivity contribution in [3.8, 4) is 5.75 Å². The molecule has 4 heteroatoms. The zero-order valence-electron chi connectivity index (χ0n) is 12.9. The van der Waals surface area contributed by atoms with Crippen molar-refractivity contribution in [2.45, 2.75) is 32.9 Å². The largest absolute Gasteiger partial charge is 0.493 e. The maximum atomic E-state index is 5.73. The van der Waals surface area contributed by atoms with E-state index in [2.05, 4.69) is 61.2 Å². The van der Waals surface area contributed by atoms with Gasteiger partial charge in [-0.2, -0.15) is 0 Å². The monoisotopic (exact) mass is 277 g/mol. The van der Waals surface area contributed by atoms with Gasteiger partial charge in [0.25, 0.3) is 0 Å². The number of hydrogen-bond acceptors (Lipinski definition) is 4. The van der Waals surface area contributed by atoms with Crippen LogP contribution in [0.4, 0.5) is 0 Å². The van der Waals surface area contributed by atoms with Gasteiger partial charge in [0.1, 0.15) is 5.75 Å². The first-order valence-corrected chi connectivity index (χ1v) is 7.50. The smallest absolute Gasteiger partial charge is 0.119 e. The third kappa shape index (κ3) is 3.72. The second kappa shape index (κ2) is 7.07. The molecule has 112 valence electrons. The minimum atomic E-state index is 0.344. The number of nitrogens with one attached hydrogen (secondary N) is 3. The molecule has 0 bridgehead atoms. The molecule has 1 aromatic rings. The Bertz CT molecular complexity index is 405. The third-order valence-corrected chi connectivity index (χ3v) is 3.80. The van der Waals surface area contributed by atoms with E-state index >= 15 is 0 Å². The van der Waals surface area contributed by atoms with Crippen LogP contribution in [-0.2, 0) is 0 Å². The Hall–Kier alpha value is -1.10. The molecule has 1 heterocycles. The summed E-state index contributed by atoms with van der Waals surface area (Å²) in [5, 5.41) is 3.28. The van der Waals surface area contributed by atoms with Crippen molar-refractivity contribution >= 4 is 0 Å². The molecule has 3 N–H and O–H groups in total. The van der Waals surface area contributed by atoms with Gasteiger partial charge in [0.2, 0.25) is 0 Å². The molecule has 1 saturated heterocycles. The molecule has 0 amide bonds. The highest BCUT2D eigenvalue weighted by Crippen LogP contribution is 2.29. The number of hydrogen-bond donors (Lipinski definition) is 3. The Morgan fingerprint density at radius 1 is 1.20 bits per heavy atom. The van der Waals surface area contributed by atoms with Gasteiger partial charge in [-0.25, -0.2) is 5.43 Å². The molecular formula is C16H27N3O. The SMILES string of the molecule is CNCC1C(C)NNC1c1ccc(OCC(C)C)cc1. The first-order chi connectivity index (χ1) is 9.61. The molecule has 0 saturated carbocycles. The molecule has 1 aliphatic heterocycles. The van der Waals surface area contributed by atoms with Crippen molar-refractivity contribution in [1.29, 1.82) is 0 Å². The molecule has 3 unspecified atom stereocenters. The van der Waals surface area contributed by atoms with Gasteiger partial charge in [-0.3, -0.25) is 5.43 Å². The summed E-state index contributed by atoms with van der Waals surface area (Å²) >= 11 is 0. The molecule has 2 rings (SSSR count). The lowest BCUT2D eigenvalue weighted by Gasteiger charge is -2.21. The molecule has 1 aliphatic rings. The molecule has 0 spiro atoms. The van der Waals surface area contributed by atoms with Crippen LogP contribution < -0.4 is 20.9 Å². The van der Waals surface area contributed by atoms with Crippen LogP contribution in [0.25, 0.3) is 0 Å². The summed E-state index contributed by atoms with van der Waals surface area (Å²) in [6.45, 7) is 8.30. The zero-order chi connectivity index (χ0) is 14.5. The minimum Gasteiger partial charge on any atom is -0.493 e. The molecule has 4 nitrogen and oxygen atoms in total. The topological polar surface area (TPSA) is 45.3 Å². The van der Waals surface area contributed by atoms with Gasteiger partial charge < -0.3 is 10.1 Å². The average molecular weight is 277 g/mol. The summed E-state index contributed by atoms with van der Waals surface area (Å²) in [7, 11) is 2.00. The van der Waals surface area contributed by atoms with Crippen LogP contribution in [0.2, 0.25) is 0 Å². The van der Waals surface area contributed by atoms with Gasteiger partial charge in [0.15, 0.2) is 0 Å². The molecule has 1 aromatic carbocycles. The van der Waals surface area contributed by atoms with E-state index < -0.39 is 0 Å². The van der Waals surface area contributed by atoms with Gasteiger partial charge in [0, 0.05) is 18.5 Å². The highest BCUT2D eigenvalue weighted by Gasteiger charge is 2.33. The van der Waals surface area contributed by atoms with Crippen molar-refractivity contribution in [2.75, 3.05) is 20.2 Å². The van der Waals surface area contributed by atoms with Gasteiger partial charge in [-0.15, -0.1) is 0 Å². The fourth-order valence-electron chi connectivity index (χ4n) is 2.62. The van der Waals surface area contributed by atoms with Crippen LogP contribution in [0.5, 0.6) is 5.75 Å². The third-order valence-electron chi connectivity index (χ3n) is 3.80. The number of ether oxygens (including phenoxy) is 1. The summed E-state index contributed by atoms with van der Waals surface area (Å²) in [5.41, 5.74) is 8.04. The number of benzene rings is 1. The highest BCUT2D eigenvalue weighted by atomic mass is 16.5. The van der Waals surface area contributed by atoms with Crippen LogP contribution in [0.3, 0.4) is 0 Å². The normalized spacial score (nSPS) is 26.1. The molecule has 0 aromatic heterocycles. The maximum absolute atomic E-state index is 5.73. The number of rotatable bonds is 6. The second-order valence-electron chi connectivity index (χ2n) is 6.05. The second-order valence-corrected chi connectivity index (χ2v) is 6.05. The predicted molar refractivity (Wildman–Crippen MR) is 82.7 cm³/mol. The summed E-state index contributed by atoms with van der Waals surface area (Å²) in [6.07, 6.45) is 0. The van der Waals surface area contributed by atoms with E-state index in [0.717, 1.165) is 18.9 Å². The Balaban J connectivity index is 2.01. The Morgan fingerprint density at radius 3 is 2.50 bits per heavy atom.